The third kappa shape index (κ3) is 3.12. The molecule has 1 heterocycles. The molecule has 0 saturated heterocycles. The topological polar surface area (TPSA) is 34.1 Å². The van der Waals surface area contributed by atoms with Crippen molar-refractivity contribution in [3.8, 4) is 11.6 Å². The molecule has 0 spiro atoms. The van der Waals surface area contributed by atoms with E-state index in [4.69, 9.17) is 4.74 Å². The zero-order chi connectivity index (χ0) is 13.8. The summed E-state index contributed by atoms with van der Waals surface area (Å²) in [6.45, 7) is 6.96. The van der Waals surface area contributed by atoms with Crippen LogP contribution in [0.1, 0.15) is 22.4 Å². The van der Waals surface area contributed by atoms with Gasteiger partial charge in [-0.3, -0.25) is 0 Å². The van der Waals surface area contributed by atoms with Crippen LogP contribution in [0.4, 0.5) is 0 Å². The smallest absolute Gasteiger partial charge is 0.219 e. The van der Waals surface area contributed by atoms with Gasteiger partial charge in [0.1, 0.15) is 5.75 Å². The summed E-state index contributed by atoms with van der Waals surface area (Å²) >= 11 is 0. The Hall–Kier alpha value is -1.87. The second-order valence-corrected chi connectivity index (χ2v) is 4.75. The summed E-state index contributed by atoms with van der Waals surface area (Å²) in [5.74, 6) is 1.55. The van der Waals surface area contributed by atoms with Crippen molar-refractivity contribution in [2.24, 2.45) is 0 Å². The zero-order valence-electron chi connectivity index (χ0n) is 11.9. The number of nitrogens with one attached hydrogen (secondary N) is 1. The first-order chi connectivity index (χ1) is 9.11. The van der Waals surface area contributed by atoms with Crippen molar-refractivity contribution in [1.82, 2.24) is 10.3 Å². The lowest BCUT2D eigenvalue weighted by molar-refractivity contribution is 0.453. The molecule has 1 N–H and O–H groups in total. The van der Waals surface area contributed by atoms with Crippen LogP contribution in [0, 0.1) is 20.8 Å². The molecule has 0 saturated carbocycles. The summed E-state index contributed by atoms with van der Waals surface area (Å²) in [5, 5.41) is 3.09. The number of hydrogen-bond acceptors (Lipinski definition) is 3. The molecule has 0 aliphatic rings. The van der Waals surface area contributed by atoms with Crippen molar-refractivity contribution >= 4 is 0 Å². The maximum absolute atomic E-state index is 5.97. The first-order valence-corrected chi connectivity index (χ1v) is 6.47. The van der Waals surface area contributed by atoms with E-state index in [1.165, 1.54) is 11.1 Å². The molecule has 0 bridgehead atoms. The van der Waals surface area contributed by atoms with Crippen molar-refractivity contribution in [3.63, 3.8) is 0 Å². The summed E-state index contributed by atoms with van der Waals surface area (Å²) in [5.41, 5.74) is 4.50. The van der Waals surface area contributed by atoms with Crippen molar-refractivity contribution in [3.05, 3.63) is 52.7 Å². The SMILES string of the molecule is CNCc1cccc(Oc2c(C)ccc(C)c2C)n1. The minimum atomic E-state index is 0.643. The molecule has 0 aliphatic carbocycles. The van der Waals surface area contributed by atoms with E-state index in [1.54, 1.807) is 0 Å². The zero-order valence-corrected chi connectivity index (χ0v) is 11.9. The van der Waals surface area contributed by atoms with Gasteiger partial charge in [-0.15, -0.1) is 0 Å². The van der Waals surface area contributed by atoms with Crippen LogP contribution in [0.25, 0.3) is 0 Å². The number of aryl methyl sites for hydroxylation is 2. The van der Waals surface area contributed by atoms with E-state index in [2.05, 4.69) is 43.2 Å². The number of hydrogen-bond donors (Lipinski definition) is 1. The number of benzene rings is 1. The van der Waals surface area contributed by atoms with E-state index in [0.29, 0.717) is 5.88 Å². The number of rotatable bonds is 4. The van der Waals surface area contributed by atoms with Crippen LogP contribution >= 0.6 is 0 Å². The van der Waals surface area contributed by atoms with Crippen LogP contribution in [-0.4, -0.2) is 12.0 Å². The fourth-order valence-corrected chi connectivity index (χ4v) is 1.98. The Bertz CT molecular complexity index is 579. The third-order valence-electron chi connectivity index (χ3n) is 3.22. The molecule has 100 valence electrons. The van der Waals surface area contributed by atoms with Gasteiger partial charge in [0.15, 0.2) is 0 Å². The Morgan fingerprint density at radius 2 is 1.79 bits per heavy atom. The van der Waals surface area contributed by atoms with Gasteiger partial charge in [-0.25, -0.2) is 4.98 Å². The van der Waals surface area contributed by atoms with Crippen molar-refractivity contribution in [2.45, 2.75) is 27.3 Å². The van der Waals surface area contributed by atoms with E-state index in [-0.39, 0.29) is 0 Å². The molecule has 1 aromatic heterocycles. The highest BCUT2D eigenvalue weighted by Crippen LogP contribution is 2.29. The lowest BCUT2D eigenvalue weighted by Gasteiger charge is -2.13. The first-order valence-electron chi connectivity index (χ1n) is 6.47. The van der Waals surface area contributed by atoms with Gasteiger partial charge in [0.05, 0.1) is 5.69 Å². The van der Waals surface area contributed by atoms with Crippen molar-refractivity contribution < 1.29 is 4.74 Å². The van der Waals surface area contributed by atoms with Crippen LogP contribution in [0.3, 0.4) is 0 Å². The average molecular weight is 256 g/mol. The Morgan fingerprint density at radius 3 is 2.53 bits per heavy atom. The molecule has 0 atom stereocenters. The quantitative estimate of drug-likeness (QED) is 0.908. The summed E-state index contributed by atoms with van der Waals surface area (Å²) in [7, 11) is 1.91. The summed E-state index contributed by atoms with van der Waals surface area (Å²) in [6.07, 6.45) is 0. The summed E-state index contributed by atoms with van der Waals surface area (Å²) in [6, 6.07) is 10.0. The van der Waals surface area contributed by atoms with Crippen LogP contribution in [0.5, 0.6) is 11.6 Å². The highest BCUT2D eigenvalue weighted by molar-refractivity contribution is 5.46. The molecule has 0 fully saturated rings. The molecular formula is C16H20N2O. The minimum Gasteiger partial charge on any atom is -0.438 e. The molecule has 0 radical (unpaired) electrons. The molecular weight excluding hydrogens is 236 g/mol. The van der Waals surface area contributed by atoms with Gasteiger partial charge < -0.3 is 10.1 Å². The summed E-state index contributed by atoms with van der Waals surface area (Å²) < 4.78 is 5.97. The Morgan fingerprint density at radius 1 is 1.05 bits per heavy atom. The van der Waals surface area contributed by atoms with E-state index < -0.39 is 0 Å². The molecule has 0 amide bonds. The van der Waals surface area contributed by atoms with Crippen LogP contribution < -0.4 is 10.1 Å². The van der Waals surface area contributed by atoms with Crippen molar-refractivity contribution in [1.29, 1.82) is 0 Å². The van der Waals surface area contributed by atoms with Crippen LogP contribution in [0.15, 0.2) is 30.3 Å². The van der Waals surface area contributed by atoms with Gasteiger partial charge >= 0.3 is 0 Å². The fourth-order valence-electron chi connectivity index (χ4n) is 1.98. The van der Waals surface area contributed by atoms with E-state index in [9.17, 15) is 0 Å². The lowest BCUT2D eigenvalue weighted by atomic mass is 10.1. The third-order valence-corrected chi connectivity index (χ3v) is 3.22. The summed E-state index contributed by atoms with van der Waals surface area (Å²) in [4.78, 5) is 4.48. The monoisotopic (exact) mass is 256 g/mol. The predicted octanol–water partition coefficient (Wildman–Crippen LogP) is 3.52. The molecule has 2 aromatic rings. The molecule has 0 unspecified atom stereocenters. The van der Waals surface area contributed by atoms with Gasteiger partial charge in [0.2, 0.25) is 5.88 Å². The number of nitrogens with zero attached hydrogens (tertiary/aromatic N) is 1. The van der Waals surface area contributed by atoms with E-state index >= 15 is 0 Å². The molecule has 2 rings (SSSR count). The molecule has 3 heteroatoms. The first kappa shape index (κ1) is 13.6. The second-order valence-electron chi connectivity index (χ2n) is 4.75. The number of ether oxygens (including phenoxy) is 1. The molecule has 19 heavy (non-hydrogen) atoms. The number of aromatic nitrogens is 1. The predicted molar refractivity (Wildman–Crippen MR) is 77.7 cm³/mol. The Kier molecular flexibility index (Phi) is 4.17. The highest BCUT2D eigenvalue weighted by Gasteiger charge is 2.08. The number of pyridine rings is 1. The van der Waals surface area contributed by atoms with E-state index in [1.807, 2.05) is 25.2 Å². The maximum atomic E-state index is 5.97. The largest absolute Gasteiger partial charge is 0.438 e. The maximum Gasteiger partial charge on any atom is 0.219 e. The molecule has 3 nitrogen and oxygen atoms in total. The Labute approximate surface area is 114 Å². The fraction of sp³-hybridized carbons (Fsp3) is 0.312. The van der Waals surface area contributed by atoms with Gasteiger partial charge in [-0.2, -0.15) is 0 Å². The van der Waals surface area contributed by atoms with Gasteiger partial charge in [-0.1, -0.05) is 18.2 Å². The van der Waals surface area contributed by atoms with Gasteiger partial charge in [0.25, 0.3) is 0 Å². The van der Waals surface area contributed by atoms with Gasteiger partial charge in [-0.05, 0) is 50.6 Å². The average Bonchev–Trinajstić information content (AvgIpc) is 2.40. The normalized spacial score (nSPS) is 10.5. The van der Waals surface area contributed by atoms with Crippen LogP contribution in [-0.2, 0) is 6.54 Å². The molecule has 1 aromatic carbocycles. The lowest BCUT2D eigenvalue weighted by Crippen LogP contribution is -2.07. The standard InChI is InChI=1S/C16H20N2O/c1-11-8-9-12(2)16(13(11)3)19-15-7-5-6-14(18-15)10-17-4/h5-9,17H,10H2,1-4H3. The highest BCUT2D eigenvalue weighted by atomic mass is 16.5. The second kappa shape index (κ2) is 5.85. The van der Waals surface area contributed by atoms with Gasteiger partial charge in [0, 0.05) is 12.6 Å². The molecule has 0 aliphatic heterocycles. The Balaban J connectivity index is 2.31. The van der Waals surface area contributed by atoms with Crippen LogP contribution in [0.2, 0.25) is 0 Å². The van der Waals surface area contributed by atoms with E-state index in [0.717, 1.165) is 23.6 Å². The van der Waals surface area contributed by atoms with Crippen molar-refractivity contribution in [2.75, 3.05) is 7.05 Å². The minimum absolute atomic E-state index is 0.643.